The first-order valence-electron chi connectivity index (χ1n) is 39.8. The Morgan fingerprint density at radius 2 is 0.750 bits per heavy atom. The lowest BCUT2D eigenvalue weighted by Crippen LogP contribution is -2.39. The maximum absolute atomic E-state index is 13.8. The standard InChI is InChI=1S/C20H24BrFN2O2.C20H25FN2O2.C19H21Cl2FN2O.C19H22ClFN2O.C11H8FNO3/c1-12(13-6-4-3-5-7-13)23-19(25)18-15-10-14(22)8-9-17(15)24-20(26-2)16(18)11-21;1-12-18(19(24)22-13(2)14-7-5-4-6-8-14)16-11-15(21)9-10-17(16)23-20(12)25-3;1-11(12-5-3-2-4-6-12)23-19(25)17-14-9-13(22)7-8-16(14)24-18(21)15(17)10-20;1-11-17(15-10-14(21)8-9-16(15)23-18(11)20)19(24)22-12(2)13-6-4-3-5-7-13;1-5-9(11(15)16)7-4-6(12)2-3-8(7)13-10(5)14/h8-10,12-13H,3-7,11H2,1-2H3,(H,23,25);9-11,13-14H,4-8H2,1-3H3,(H,22,24);7-9,11-12H,2-6,10H2,1H3,(H,23,25);8-10,12-13H,3-7H2,1-2H3,(H,22,24);2-4H,1H3,(H,13,14)(H,15,16)/t12-;13-;11-;12-;/m0000./s1. The van der Waals surface area contributed by atoms with Crippen LogP contribution in [-0.4, -0.2) is 98.0 Å². The van der Waals surface area contributed by atoms with E-state index in [4.69, 9.17) is 49.4 Å². The van der Waals surface area contributed by atoms with E-state index in [9.17, 15) is 50.7 Å². The number of ether oxygens (including phenoxy) is 2. The molecule has 4 amide bonds. The Bertz CT molecular complexity index is 5310. The lowest BCUT2D eigenvalue weighted by atomic mass is 9.84. The van der Waals surface area contributed by atoms with Crippen molar-refractivity contribution >= 4 is 135 Å². The molecule has 116 heavy (non-hydrogen) atoms. The molecule has 14 rings (SSSR count). The normalized spacial score (nSPS) is 15.9. The van der Waals surface area contributed by atoms with Crippen LogP contribution in [0.2, 0.25) is 10.3 Å². The van der Waals surface area contributed by atoms with Gasteiger partial charge in [0.25, 0.3) is 29.2 Å². The van der Waals surface area contributed by atoms with Crippen molar-refractivity contribution in [2.75, 3.05) is 14.2 Å². The number of nitrogens with one attached hydrogen (secondary N) is 5. The zero-order valence-corrected chi connectivity index (χ0v) is 70.6. The number of nitrogens with zero attached hydrogens (tertiary/aromatic N) is 4. The molecule has 0 saturated heterocycles. The molecule has 27 heteroatoms. The third kappa shape index (κ3) is 21.8. The number of aromatic nitrogens is 5. The van der Waals surface area contributed by atoms with Gasteiger partial charge in [-0.05, 0) is 220 Å². The molecule has 0 radical (unpaired) electrons. The average molecular weight is 1720 g/mol. The zero-order chi connectivity index (χ0) is 83.8. The molecule has 4 aliphatic rings. The fourth-order valence-corrected chi connectivity index (χ4v) is 17.9. The summed E-state index contributed by atoms with van der Waals surface area (Å²) in [6.07, 6.45) is 23.9. The molecule has 4 aliphatic carbocycles. The summed E-state index contributed by atoms with van der Waals surface area (Å²) in [5.41, 5.74) is 5.80. The van der Waals surface area contributed by atoms with E-state index < -0.39 is 23.2 Å². The molecular formula is C89H100BrCl3F5N9O9. The molecule has 10 aromatic rings. The number of carboxylic acid groups (broad SMARTS) is 1. The number of pyridine rings is 5. The monoisotopic (exact) mass is 1720 g/mol. The molecule has 4 fully saturated rings. The summed E-state index contributed by atoms with van der Waals surface area (Å²) in [5, 5.41) is 24.5. The van der Waals surface area contributed by atoms with Crippen molar-refractivity contribution in [1.82, 2.24) is 46.2 Å². The highest BCUT2D eigenvalue weighted by Crippen LogP contribution is 2.37. The van der Waals surface area contributed by atoms with Gasteiger partial charge in [-0.2, -0.15) is 0 Å². The van der Waals surface area contributed by atoms with Crippen molar-refractivity contribution in [2.24, 2.45) is 23.7 Å². The van der Waals surface area contributed by atoms with Gasteiger partial charge < -0.3 is 40.8 Å². The van der Waals surface area contributed by atoms with Gasteiger partial charge in [0.1, 0.15) is 39.4 Å². The predicted octanol–water partition coefficient (Wildman–Crippen LogP) is 21.5. The van der Waals surface area contributed by atoms with E-state index in [1.807, 2.05) is 6.92 Å². The van der Waals surface area contributed by atoms with Crippen LogP contribution < -0.4 is 36.3 Å². The molecule has 18 nitrogen and oxygen atoms in total. The topological polar surface area (TPSA) is 257 Å². The van der Waals surface area contributed by atoms with Gasteiger partial charge in [0, 0.05) is 84.2 Å². The zero-order valence-electron chi connectivity index (χ0n) is 66.7. The van der Waals surface area contributed by atoms with Gasteiger partial charge in [0.2, 0.25) is 11.8 Å². The molecule has 5 aromatic carbocycles. The molecule has 5 aromatic heterocycles. The van der Waals surface area contributed by atoms with E-state index in [1.54, 1.807) is 32.0 Å². The first-order chi connectivity index (χ1) is 55.5. The first-order valence-corrected chi connectivity index (χ1v) is 42.2. The van der Waals surface area contributed by atoms with Gasteiger partial charge in [-0.1, -0.05) is 116 Å². The minimum atomic E-state index is -1.24. The van der Waals surface area contributed by atoms with Gasteiger partial charge >= 0.3 is 5.97 Å². The second-order valence-corrected chi connectivity index (χ2v) is 32.3. The molecule has 0 unspecified atom stereocenters. The van der Waals surface area contributed by atoms with Crippen LogP contribution in [0.25, 0.3) is 54.5 Å². The number of aromatic carboxylic acids is 1. The summed E-state index contributed by atoms with van der Waals surface area (Å²) in [6.45, 7) is 13.1. The van der Waals surface area contributed by atoms with E-state index in [1.165, 1.54) is 165 Å². The fourth-order valence-electron chi connectivity index (χ4n) is 16.6. The number of amides is 4. The van der Waals surface area contributed by atoms with Crippen molar-refractivity contribution in [3.8, 4) is 11.8 Å². The third-order valence-electron chi connectivity index (χ3n) is 23.1. The van der Waals surface area contributed by atoms with Crippen LogP contribution in [0.5, 0.6) is 11.8 Å². The number of hydrogen-bond acceptors (Lipinski definition) is 12. The number of halogens is 9. The van der Waals surface area contributed by atoms with Crippen LogP contribution in [0.1, 0.15) is 236 Å². The second-order valence-electron chi connectivity index (χ2n) is 30.8. The molecule has 6 N–H and O–H groups in total. The number of alkyl halides is 2. The lowest BCUT2D eigenvalue weighted by Gasteiger charge is -2.28. The summed E-state index contributed by atoms with van der Waals surface area (Å²) in [5.74, 6) is -1.43. The van der Waals surface area contributed by atoms with Gasteiger partial charge in [-0.25, -0.2) is 46.7 Å². The predicted molar refractivity (Wildman–Crippen MR) is 452 cm³/mol. The first kappa shape index (κ1) is 89.2. The Morgan fingerprint density at radius 3 is 1.10 bits per heavy atom. The van der Waals surface area contributed by atoms with E-state index in [0.29, 0.717) is 134 Å². The van der Waals surface area contributed by atoms with Gasteiger partial charge in [0.15, 0.2) is 0 Å². The van der Waals surface area contributed by atoms with E-state index in [0.717, 1.165) is 57.4 Å². The number of carboxylic acids is 1. The second kappa shape index (κ2) is 41.3. The molecular weight excluding hydrogens is 1620 g/mol. The number of fused-ring (bicyclic) bond motifs is 5. The van der Waals surface area contributed by atoms with Crippen molar-refractivity contribution in [1.29, 1.82) is 0 Å². The van der Waals surface area contributed by atoms with Gasteiger partial charge in [0.05, 0.1) is 70.0 Å². The Labute approximate surface area is 695 Å². The summed E-state index contributed by atoms with van der Waals surface area (Å²) in [7, 11) is 3.05. The van der Waals surface area contributed by atoms with E-state index >= 15 is 0 Å². The molecule has 0 spiro atoms. The Hall–Kier alpha value is -9.10. The highest BCUT2D eigenvalue weighted by Gasteiger charge is 2.31. The van der Waals surface area contributed by atoms with Crippen molar-refractivity contribution in [3.63, 3.8) is 0 Å². The van der Waals surface area contributed by atoms with Crippen LogP contribution in [0.3, 0.4) is 0 Å². The molecule has 0 bridgehead atoms. The van der Waals surface area contributed by atoms with E-state index in [2.05, 4.69) is 82.9 Å². The summed E-state index contributed by atoms with van der Waals surface area (Å²) >= 11 is 21.8. The molecule has 618 valence electrons. The summed E-state index contributed by atoms with van der Waals surface area (Å²) in [4.78, 5) is 94.2. The van der Waals surface area contributed by atoms with Crippen molar-refractivity contribution in [3.05, 3.63) is 196 Å². The van der Waals surface area contributed by atoms with Crippen LogP contribution in [0.15, 0.2) is 95.8 Å². The van der Waals surface area contributed by atoms with Gasteiger partial charge in [-0.15, -0.1) is 11.6 Å². The third-order valence-corrected chi connectivity index (χ3v) is 24.6. The highest BCUT2D eigenvalue weighted by molar-refractivity contribution is 9.08. The molecule has 4 saturated carbocycles. The summed E-state index contributed by atoms with van der Waals surface area (Å²) in [6, 6.07) is 20.9. The quantitative estimate of drug-likeness (QED) is 0.0282. The number of hydrogen-bond donors (Lipinski definition) is 6. The number of carbonyl (C=O) groups is 5. The number of aromatic amines is 1. The SMILES string of the molecule is COc1nc2ccc(F)cc2c(C(=O)N[C@@H](C)C2CCCCC2)c1C.COc1nc2ccc(F)cc2c(C(=O)N[C@@H](C)C2CCCCC2)c1CBr.C[C@H](NC(=O)c1c(CCl)c(Cl)nc2ccc(F)cc12)C1CCCCC1.Cc1c(C(=O)O)c2cc(F)ccc2[nH]c1=O.Cc1c(Cl)nc2ccc(F)cc2c1C(=O)N[C@@H](C)C1CCCCC1. The van der Waals surface area contributed by atoms with Crippen molar-refractivity contribution in [2.45, 2.75) is 212 Å². The van der Waals surface area contributed by atoms with Crippen LogP contribution in [0, 0.1) is 73.5 Å². The Morgan fingerprint density at radius 1 is 0.440 bits per heavy atom. The van der Waals surface area contributed by atoms with Crippen LogP contribution in [0.4, 0.5) is 22.0 Å². The van der Waals surface area contributed by atoms with Crippen LogP contribution >= 0.6 is 50.7 Å². The average Bonchev–Trinajstić information content (AvgIpc) is 0.793. The highest BCUT2D eigenvalue weighted by atomic mass is 79.9. The maximum Gasteiger partial charge on any atom is 0.336 e. The Balaban J connectivity index is 0.000000154. The van der Waals surface area contributed by atoms with Crippen LogP contribution in [-0.2, 0) is 11.2 Å². The summed E-state index contributed by atoms with van der Waals surface area (Å²) < 4.78 is 78.7. The molecule has 0 aliphatic heterocycles. The fraction of sp³-hybridized carbons (Fsp3) is 0.438. The lowest BCUT2D eigenvalue weighted by molar-refractivity contribution is 0.0696. The minimum absolute atomic E-state index is 0.0405. The van der Waals surface area contributed by atoms with E-state index in [-0.39, 0.29) is 97.9 Å². The molecule has 4 atom stereocenters. The van der Waals surface area contributed by atoms with Crippen molar-refractivity contribution < 1.29 is 60.5 Å². The number of carbonyl (C=O) groups excluding carboxylic acids is 4. The maximum atomic E-state index is 13.8. The Kier molecular flexibility index (Phi) is 31.8. The number of rotatable bonds is 17. The van der Waals surface area contributed by atoms with Gasteiger partial charge in [-0.3, -0.25) is 24.0 Å². The number of H-pyrrole nitrogens is 1. The largest absolute Gasteiger partial charge is 0.481 e. The number of methoxy groups -OCH3 is 2. The number of benzene rings is 5. The molecule has 5 heterocycles. The minimum Gasteiger partial charge on any atom is -0.481 e. The smallest absolute Gasteiger partial charge is 0.336 e.